The number of esters is 1. The SMILES string of the molecule is CCOC(=O)Cn1c(=NC(=O)CCC2CCCC2)sc2cc(S(C)(=O)=O)ccc21. The Morgan fingerprint density at radius 1 is 1.28 bits per heavy atom. The predicted octanol–water partition coefficient (Wildman–Crippen LogP) is 3.07. The van der Waals surface area contributed by atoms with Gasteiger partial charge >= 0.3 is 5.97 Å². The number of amides is 1. The van der Waals surface area contributed by atoms with Gasteiger partial charge in [-0.2, -0.15) is 4.99 Å². The van der Waals surface area contributed by atoms with Crippen LogP contribution in [-0.2, 0) is 30.7 Å². The summed E-state index contributed by atoms with van der Waals surface area (Å²) in [5.74, 6) is -0.0517. The van der Waals surface area contributed by atoms with E-state index >= 15 is 0 Å². The first-order valence-corrected chi connectivity index (χ1v) is 12.6. The number of carbonyl (C=O) groups excluding carboxylic acids is 2. The summed E-state index contributed by atoms with van der Waals surface area (Å²) in [6, 6.07) is 4.69. The Balaban J connectivity index is 1.95. The fraction of sp³-hybridized carbons (Fsp3) is 0.550. The molecule has 7 nitrogen and oxygen atoms in total. The van der Waals surface area contributed by atoms with Crippen molar-refractivity contribution >= 4 is 43.3 Å². The topological polar surface area (TPSA) is 94.8 Å². The van der Waals surface area contributed by atoms with Crippen LogP contribution in [0.25, 0.3) is 10.2 Å². The maximum absolute atomic E-state index is 12.5. The van der Waals surface area contributed by atoms with Crippen molar-refractivity contribution in [2.45, 2.75) is 56.9 Å². The number of nitrogens with zero attached hydrogens (tertiary/aromatic N) is 2. The molecule has 0 unspecified atom stereocenters. The van der Waals surface area contributed by atoms with Gasteiger partial charge in [-0.25, -0.2) is 8.42 Å². The molecule has 0 spiro atoms. The lowest BCUT2D eigenvalue weighted by Crippen LogP contribution is -2.23. The predicted molar refractivity (Wildman–Crippen MR) is 111 cm³/mol. The molecule has 1 amide bonds. The molecule has 9 heteroatoms. The van der Waals surface area contributed by atoms with Gasteiger partial charge in [-0.1, -0.05) is 37.0 Å². The molecule has 2 aromatic rings. The number of rotatable bonds is 7. The normalized spacial score (nSPS) is 15.9. The third-order valence-corrected chi connectivity index (χ3v) is 7.29. The molecular formula is C20H26N2O5S2. The van der Waals surface area contributed by atoms with Crippen LogP contribution in [0.1, 0.15) is 45.4 Å². The number of fused-ring (bicyclic) bond motifs is 1. The van der Waals surface area contributed by atoms with Crippen molar-refractivity contribution < 1.29 is 22.7 Å². The number of aromatic nitrogens is 1. The molecule has 1 aromatic carbocycles. The Bertz CT molecular complexity index is 1080. The highest BCUT2D eigenvalue weighted by molar-refractivity contribution is 7.90. The third-order valence-electron chi connectivity index (χ3n) is 5.14. The number of hydrogen-bond acceptors (Lipinski definition) is 6. The third kappa shape index (κ3) is 5.54. The maximum atomic E-state index is 12.5. The van der Waals surface area contributed by atoms with E-state index in [2.05, 4.69) is 4.99 Å². The molecular weight excluding hydrogens is 412 g/mol. The summed E-state index contributed by atoms with van der Waals surface area (Å²) < 4.78 is 31.0. The highest BCUT2D eigenvalue weighted by Crippen LogP contribution is 2.28. The maximum Gasteiger partial charge on any atom is 0.326 e. The lowest BCUT2D eigenvalue weighted by Gasteiger charge is -2.06. The second-order valence-corrected chi connectivity index (χ2v) is 10.4. The summed E-state index contributed by atoms with van der Waals surface area (Å²) in [5, 5.41) is 0. The van der Waals surface area contributed by atoms with Crippen molar-refractivity contribution in [3.63, 3.8) is 0 Å². The Hall–Kier alpha value is -2.00. The standard InChI is InChI=1S/C20H26N2O5S2/c1-3-27-19(24)13-22-16-10-9-15(29(2,25)26)12-17(16)28-20(22)21-18(23)11-8-14-6-4-5-7-14/h9-10,12,14H,3-8,11,13H2,1-2H3. The zero-order chi connectivity index (χ0) is 21.0. The largest absolute Gasteiger partial charge is 0.465 e. The molecule has 0 N–H and O–H groups in total. The van der Waals surface area contributed by atoms with Crippen molar-refractivity contribution in [2.24, 2.45) is 10.9 Å². The second kappa shape index (κ2) is 9.21. The van der Waals surface area contributed by atoms with Crippen LogP contribution in [0.4, 0.5) is 0 Å². The van der Waals surface area contributed by atoms with Crippen molar-refractivity contribution in [3.8, 4) is 0 Å². The van der Waals surface area contributed by atoms with Gasteiger partial charge in [0.2, 0.25) is 5.91 Å². The quantitative estimate of drug-likeness (QED) is 0.619. The van der Waals surface area contributed by atoms with E-state index in [-0.39, 0.29) is 24.0 Å². The molecule has 0 radical (unpaired) electrons. The summed E-state index contributed by atoms with van der Waals surface area (Å²) in [6.07, 6.45) is 7.17. The first-order chi connectivity index (χ1) is 13.8. The van der Waals surface area contributed by atoms with Gasteiger partial charge in [0.05, 0.1) is 21.7 Å². The van der Waals surface area contributed by atoms with Gasteiger partial charge < -0.3 is 9.30 Å². The summed E-state index contributed by atoms with van der Waals surface area (Å²) in [6.45, 7) is 1.90. The molecule has 0 saturated heterocycles. The fourth-order valence-corrected chi connectivity index (χ4v) is 5.45. The van der Waals surface area contributed by atoms with E-state index in [9.17, 15) is 18.0 Å². The van der Waals surface area contributed by atoms with Gasteiger partial charge in [0, 0.05) is 12.7 Å². The molecule has 1 aliphatic carbocycles. The van der Waals surface area contributed by atoms with E-state index in [1.165, 1.54) is 43.1 Å². The molecule has 0 aliphatic heterocycles. The van der Waals surface area contributed by atoms with Crippen molar-refractivity contribution in [3.05, 3.63) is 23.0 Å². The van der Waals surface area contributed by atoms with Crippen molar-refractivity contribution in [1.82, 2.24) is 4.57 Å². The van der Waals surface area contributed by atoms with Gasteiger partial charge in [0.15, 0.2) is 14.6 Å². The molecule has 1 fully saturated rings. The molecule has 3 rings (SSSR count). The Morgan fingerprint density at radius 3 is 2.66 bits per heavy atom. The minimum atomic E-state index is -3.36. The van der Waals surface area contributed by atoms with Crippen LogP contribution in [0.3, 0.4) is 0 Å². The monoisotopic (exact) mass is 438 g/mol. The average Bonchev–Trinajstić information content (AvgIpc) is 3.27. The van der Waals surface area contributed by atoms with Crippen LogP contribution >= 0.6 is 11.3 Å². The molecule has 1 aromatic heterocycles. The second-order valence-electron chi connectivity index (χ2n) is 7.37. The van der Waals surface area contributed by atoms with Gasteiger partial charge in [-0.05, 0) is 37.5 Å². The summed E-state index contributed by atoms with van der Waals surface area (Å²) in [7, 11) is -3.36. The summed E-state index contributed by atoms with van der Waals surface area (Å²) >= 11 is 1.20. The number of carbonyl (C=O) groups is 2. The molecule has 1 heterocycles. The molecule has 0 bridgehead atoms. The van der Waals surface area contributed by atoms with Gasteiger partial charge in [-0.15, -0.1) is 0 Å². The summed E-state index contributed by atoms with van der Waals surface area (Å²) in [4.78, 5) is 29.3. The lowest BCUT2D eigenvalue weighted by atomic mass is 10.0. The van der Waals surface area contributed by atoms with Crippen LogP contribution in [0.5, 0.6) is 0 Å². The molecule has 1 saturated carbocycles. The number of sulfone groups is 1. The highest BCUT2D eigenvalue weighted by atomic mass is 32.2. The van der Waals surface area contributed by atoms with Crippen LogP contribution in [0.2, 0.25) is 0 Å². The van der Waals surface area contributed by atoms with E-state index in [0.717, 1.165) is 12.7 Å². The van der Waals surface area contributed by atoms with E-state index < -0.39 is 15.8 Å². The minimum absolute atomic E-state index is 0.0825. The minimum Gasteiger partial charge on any atom is -0.465 e. The number of benzene rings is 1. The average molecular weight is 439 g/mol. The molecule has 1 aliphatic rings. The first-order valence-electron chi connectivity index (χ1n) is 9.84. The molecule has 29 heavy (non-hydrogen) atoms. The van der Waals surface area contributed by atoms with E-state index in [1.807, 2.05) is 0 Å². The Morgan fingerprint density at radius 2 is 2.00 bits per heavy atom. The van der Waals surface area contributed by atoms with Gasteiger partial charge in [0.1, 0.15) is 6.54 Å². The lowest BCUT2D eigenvalue weighted by molar-refractivity contribution is -0.143. The van der Waals surface area contributed by atoms with Crippen LogP contribution in [0, 0.1) is 5.92 Å². The molecule has 0 atom stereocenters. The van der Waals surface area contributed by atoms with Crippen LogP contribution in [0.15, 0.2) is 28.1 Å². The smallest absolute Gasteiger partial charge is 0.326 e. The number of hydrogen-bond donors (Lipinski definition) is 0. The van der Waals surface area contributed by atoms with E-state index in [0.29, 0.717) is 27.4 Å². The number of thiazole rings is 1. The van der Waals surface area contributed by atoms with Crippen molar-refractivity contribution in [2.75, 3.05) is 12.9 Å². The van der Waals surface area contributed by atoms with Gasteiger partial charge in [-0.3, -0.25) is 9.59 Å². The Kier molecular flexibility index (Phi) is 6.89. The van der Waals surface area contributed by atoms with Crippen LogP contribution < -0.4 is 4.80 Å². The fourth-order valence-electron chi connectivity index (χ4n) is 3.65. The van der Waals surface area contributed by atoms with Crippen molar-refractivity contribution in [1.29, 1.82) is 0 Å². The van der Waals surface area contributed by atoms with E-state index in [1.54, 1.807) is 23.6 Å². The number of ether oxygens (including phenoxy) is 1. The first kappa shape index (κ1) is 21.7. The Labute approximate surface area is 174 Å². The zero-order valence-corrected chi connectivity index (χ0v) is 18.4. The highest BCUT2D eigenvalue weighted by Gasteiger charge is 2.18. The van der Waals surface area contributed by atoms with E-state index in [4.69, 9.17) is 4.74 Å². The van der Waals surface area contributed by atoms with Crippen LogP contribution in [-0.4, -0.2) is 37.7 Å². The molecule has 158 valence electrons. The van der Waals surface area contributed by atoms with Gasteiger partial charge in [0.25, 0.3) is 0 Å². The zero-order valence-electron chi connectivity index (χ0n) is 16.7. The summed E-state index contributed by atoms with van der Waals surface area (Å²) in [5.41, 5.74) is 0.651.